The average molecular weight is 165 g/mol. The maximum absolute atomic E-state index is 9.99. The second-order valence-corrected chi connectivity index (χ2v) is 3.16. The van der Waals surface area contributed by atoms with E-state index in [0.29, 0.717) is 0 Å². The Morgan fingerprint density at radius 1 is 1.60 bits per heavy atom. The maximum Gasteiger partial charge on any atom is 0.398 e. The molecule has 0 aromatic carbocycles. The summed E-state index contributed by atoms with van der Waals surface area (Å²) in [6.07, 6.45) is 0. The molecule has 0 aromatic heterocycles. The van der Waals surface area contributed by atoms with Crippen molar-refractivity contribution in [1.29, 1.82) is 5.26 Å². The first-order valence-corrected chi connectivity index (χ1v) is 3.73. The highest BCUT2D eigenvalue weighted by molar-refractivity contribution is 7.80. The Balaban J connectivity index is 4.35. The van der Waals surface area contributed by atoms with Crippen molar-refractivity contribution in [3.63, 3.8) is 0 Å². The Hall–Kier alpha value is -0.640. The van der Waals surface area contributed by atoms with Crippen molar-refractivity contribution in [3.8, 4) is 6.07 Å². The molecule has 0 heterocycles. The number of rotatable bonds is 2. The minimum absolute atomic E-state index is 1.22. The molecule has 0 unspecified atom stereocenters. The highest BCUT2D eigenvalue weighted by Gasteiger charge is 2.24. The van der Waals surface area contributed by atoms with Crippen LogP contribution in [0.2, 0.25) is 0 Å². The molecule has 0 radical (unpaired) electrons. The predicted molar refractivity (Wildman–Crippen MR) is 32.3 cm³/mol. The zero-order valence-corrected chi connectivity index (χ0v) is 6.34. The van der Waals surface area contributed by atoms with Crippen molar-refractivity contribution in [2.24, 2.45) is 0 Å². The number of hydrogen-bond donors (Lipinski definition) is 1. The molecular weight excluding hydrogens is 158 g/mol. The van der Waals surface area contributed by atoms with E-state index < -0.39 is 16.0 Å². The van der Waals surface area contributed by atoms with Gasteiger partial charge in [-0.2, -0.15) is 13.7 Å². The Morgan fingerprint density at radius 3 is 2.10 bits per heavy atom. The van der Waals surface area contributed by atoms with Crippen molar-refractivity contribution < 1.29 is 17.2 Å². The van der Waals surface area contributed by atoms with Crippen LogP contribution in [0.3, 0.4) is 0 Å². The van der Waals surface area contributed by atoms with Gasteiger partial charge in [0.05, 0.1) is 6.07 Å². The molecule has 0 aromatic rings. The standard InChI is InChI=1S/C4H7NO4S/c1-4(2,3-5)9-10(6,7)8/h1-2H3,(H,6,7,8). The van der Waals surface area contributed by atoms with Crippen molar-refractivity contribution in [2.75, 3.05) is 0 Å². The molecule has 58 valence electrons. The van der Waals surface area contributed by atoms with E-state index in [2.05, 4.69) is 4.18 Å². The lowest BCUT2D eigenvalue weighted by Crippen LogP contribution is -2.25. The molecule has 0 aliphatic heterocycles. The van der Waals surface area contributed by atoms with Crippen LogP contribution in [0, 0.1) is 11.3 Å². The quantitative estimate of drug-likeness (QED) is 0.586. The van der Waals surface area contributed by atoms with Crippen LogP contribution in [0.15, 0.2) is 0 Å². The number of nitrogens with zero attached hydrogens (tertiary/aromatic N) is 1. The molecule has 10 heavy (non-hydrogen) atoms. The van der Waals surface area contributed by atoms with E-state index in [4.69, 9.17) is 9.81 Å². The monoisotopic (exact) mass is 165 g/mol. The molecule has 0 amide bonds. The van der Waals surface area contributed by atoms with Crippen molar-refractivity contribution in [1.82, 2.24) is 0 Å². The first-order chi connectivity index (χ1) is 4.27. The molecule has 0 aliphatic rings. The topological polar surface area (TPSA) is 87.4 Å². The summed E-state index contributed by atoms with van der Waals surface area (Å²) in [5.41, 5.74) is -1.51. The molecule has 0 aliphatic carbocycles. The van der Waals surface area contributed by atoms with E-state index in [9.17, 15) is 8.42 Å². The molecule has 0 fully saturated rings. The number of hydrogen-bond acceptors (Lipinski definition) is 4. The predicted octanol–water partition coefficient (Wildman–Crippen LogP) is 0.108. The first kappa shape index (κ1) is 9.36. The zero-order valence-electron chi connectivity index (χ0n) is 5.53. The van der Waals surface area contributed by atoms with Gasteiger partial charge in [-0.1, -0.05) is 0 Å². The van der Waals surface area contributed by atoms with Gasteiger partial charge in [0.1, 0.15) is 0 Å². The normalized spacial score (nSPS) is 12.6. The second-order valence-electron chi connectivity index (χ2n) is 2.13. The van der Waals surface area contributed by atoms with Gasteiger partial charge in [0.15, 0.2) is 5.60 Å². The third-order valence-electron chi connectivity index (χ3n) is 0.583. The fourth-order valence-electron chi connectivity index (χ4n) is 0.282. The van der Waals surface area contributed by atoms with Gasteiger partial charge < -0.3 is 0 Å². The average Bonchev–Trinajstić information content (AvgIpc) is 1.60. The van der Waals surface area contributed by atoms with Crippen LogP contribution in [-0.2, 0) is 14.6 Å². The lowest BCUT2D eigenvalue weighted by molar-refractivity contribution is 0.153. The first-order valence-electron chi connectivity index (χ1n) is 2.36. The molecule has 5 nitrogen and oxygen atoms in total. The van der Waals surface area contributed by atoms with E-state index in [1.165, 1.54) is 19.9 Å². The van der Waals surface area contributed by atoms with Gasteiger partial charge in [-0.25, -0.2) is 4.18 Å². The Labute approximate surface area is 59.2 Å². The van der Waals surface area contributed by atoms with Gasteiger partial charge in [0.25, 0.3) is 0 Å². The lowest BCUT2D eigenvalue weighted by Gasteiger charge is -2.11. The van der Waals surface area contributed by atoms with Gasteiger partial charge >= 0.3 is 10.4 Å². The summed E-state index contributed by atoms with van der Waals surface area (Å²) in [5.74, 6) is 0. The minimum atomic E-state index is -4.52. The summed E-state index contributed by atoms with van der Waals surface area (Å²) in [6, 6.07) is 1.54. The third-order valence-corrected chi connectivity index (χ3v) is 1.21. The molecule has 1 N–H and O–H groups in total. The molecule has 0 bridgehead atoms. The van der Waals surface area contributed by atoms with Crippen molar-refractivity contribution in [2.45, 2.75) is 19.4 Å². The maximum atomic E-state index is 9.99. The zero-order chi connectivity index (χ0) is 8.41. The van der Waals surface area contributed by atoms with Crippen LogP contribution in [0.5, 0.6) is 0 Å². The molecular formula is C4H7NO4S. The third kappa shape index (κ3) is 4.26. The highest BCUT2D eigenvalue weighted by atomic mass is 32.3. The highest BCUT2D eigenvalue weighted by Crippen LogP contribution is 2.09. The van der Waals surface area contributed by atoms with E-state index >= 15 is 0 Å². The number of nitriles is 1. The van der Waals surface area contributed by atoms with Gasteiger partial charge in [-0.3, -0.25) is 4.55 Å². The summed E-state index contributed by atoms with van der Waals surface area (Å²) in [4.78, 5) is 0. The van der Waals surface area contributed by atoms with Crippen molar-refractivity contribution in [3.05, 3.63) is 0 Å². The summed E-state index contributed by atoms with van der Waals surface area (Å²) >= 11 is 0. The van der Waals surface area contributed by atoms with Gasteiger partial charge in [0.2, 0.25) is 0 Å². The van der Waals surface area contributed by atoms with Crippen LogP contribution in [-0.4, -0.2) is 18.6 Å². The SMILES string of the molecule is CC(C)(C#N)OS(=O)(=O)O. The Bertz CT molecular complexity index is 247. The largest absolute Gasteiger partial charge is 0.398 e. The van der Waals surface area contributed by atoms with Crippen molar-refractivity contribution >= 4 is 10.4 Å². The summed E-state index contributed by atoms with van der Waals surface area (Å²) in [7, 11) is -4.52. The van der Waals surface area contributed by atoms with E-state index in [-0.39, 0.29) is 0 Å². The van der Waals surface area contributed by atoms with Crippen LogP contribution in [0.4, 0.5) is 0 Å². The Morgan fingerprint density at radius 2 is 2.00 bits per heavy atom. The van der Waals surface area contributed by atoms with Crippen LogP contribution in [0.25, 0.3) is 0 Å². The summed E-state index contributed by atoms with van der Waals surface area (Å²) < 4.78 is 32.0. The van der Waals surface area contributed by atoms with Gasteiger partial charge in [0, 0.05) is 0 Å². The van der Waals surface area contributed by atoms with E-state index in [1.807, 2.05) is 0 Å². The van der Waals surface area contributed by atoms with Crippen LogP contribution in [0.1, 0.15) is 13.8 Å². The smallest absolute Gasteiger partial charge is 0.263 e. The second kappa shape index (κ2) is 2.54. The molecule has 0 rings (SSSR count). The summed E-state index contributed by atoms with van der Waals surface area (Å²) in [6.45, 7) is 2.45. The van der Waals surface area contributed by atoms with Gasteiger partial charge in [-0.15, -0.1) is 0 Å². The minimum Gasteiger partial charge on any atom is -0.263 e. The Kier molecular flexibility index (Phi) is 2.37. The fraction of sp³-hybridized carbons (Fsp3) is 0.750. The van der Waals surface area contributed by atoms with Gasteiger partial charge in [-0.05, 0) is 13.8 Å². The van der Waals surface area contributed by atoms with E-state index in [1.54, 1.807) is 0 Å². The fourth-order valence-corrected chi connectivity index (χ4v) is 0.846. The lowest BCUT2D eigenvalue weighted by atomic mass is 10.2. The molecule has 6 heteroatoms. The molecule has 0 spiro atoms. The summed E-state index contributed by atoms with van der Waals surface area (Å²) in [5, 5.41) is 8.21. The molecule has 0 saturated carbocycles. The van der Waals surface area contributed by atoms with E-state index in [0.717, 1.165) is 0 Å². The van der Waals surface area contributed by atoms with Crippen LogP contribution >= 0.6 is 0 Å². The molecule has 0 atom stereocenters. The van der Waals surface area contributed by atoms with Crippen LogP contribution < -0.4 is 0 Å². The molecule has 0 saturated heterocycles.